The third-order valence-corrected chi connectivity index (χ3v) is 3.41. The predicted octanol–water partition coefficient (Wildman–Crippen LogP) is -1.82. The van der Waals surface area contributed by atoms with E-state index in [0.29, 0.717) is 0 Å². The molecule has 3 nitrogen and oxygen atoms in total. The maximum Gasteiger partial charge on any atom is 0.215 e. The van der Waals surface area contributed by atoms with Crippen LogP contribution in [0.3, 0.4) is 0 Å². The molecule has 2 N–H and O–H groups in total. The number of benzene rings is 1. The second kappa shape index (κ2) is 5.55. The molecule has 0 bridgehead atoms. The predicted molar refractivity (Wildman–Crippen MR) is 70.4 cm³/mol. The monoisotopic (exact) mass is 263 g/mol. The van der Waals surface area contributed by atoms with E-state index in [1.54, 1.807) is 0 Å². The minimum atomic E-state index is 0. The standard InChI is InChI=1S/C14H17N3.ClH/c1-2-11-9-17(10-14-15-7-8-16-14)13-6-4-3-5-12(11)13;/h3-6,9H,2,7-8,10H2,1H3,(H,15,16);1H. The Morgan fingerprint density at radius 1 is 1.33 bits per heavy atom. The number of nitrogens with two attached hydrogens (primary N) is 1. The summed E-state index contributed by atoms with van der Waals surface area (Å²) in [7, 11) is 0. The molecule has 0 aliphatic carbocycles. The summed E-state index contributed by atoms with van der Waals surface area (Å²) in [5.41, 5.74) is 2.76. The molecule has 1 aromatic carbocycles. The van der Waals surface area contributed by atoms with E-state index >= 15 is 0 Å². The summed E-state index contributed by atoms with van der Waals surface area (Å²) >= 11 is 0. The highest BCUT2D eigenvalue weighted by molar-refractivity contribution is 5.85. The third kappa shape index (κ3) is 2.28. The summed E-state index contributed by atoms with van der Waals surface area (Å²) in [6.07, 6.45) is 3.36. The molecule has 3 rings (SSSR count). The Balaban J connectivity index is 0.00000120. The van der Waals surface area contributed by atoms with E-state index in [0.717, 1.165) is 26.1 Å². The number of aliphatic imine (C=N–C) groups is 1. The van der Waals surface area contributed by atoms with E-state index in [9.17, 15) is 0 Å². The molecule has 0 unspecified atom stereocenters. The van der Waals surface area contributed by atoms with Crippen LogP contribution in [0.25, 0.3) is 10.9 Å². The number of amidine groups is 1. The molecular formula is C14H18ClN3. The van der Waals surface area contributed by atoms with Gasteiger partial charge >= 0.3 is 0 Å². The van der Waals surface area contributed by atoms with Gasteiger partial charge in [0, 0.05) is 17.1 Å². The zero-order chi connectivity index (χ0) is 11.7. The van der Waals surface area contributed by atoms with Gasteiger partial charge in [-0.1, -0.05) is 25.1 Å². The summed E-state index contributed by atoms with van der Waals surface area (Å²) < 4.78 is 2.33. The van der Waals surface area contributed by atoms with E-state index in [2.05, 4.69) is 52.3 Å². The minimum Gasteiger partial charge on any atom is -1.00 e. The largest absolute Gasteiger partial charge is 1.00 e. The first-order chi connectivity index (χ1) is 8.38. The molecule has 4 heteroatoms. The van der Waals surface area contributed by atoms with Crippen molar-refractivity contribution < 1.29 is 17.7 Å². The third-order valence-electron chi connectivity index (χ3n) is 3.41. The minimum absolute atomic E-state index is 0. The van der Waals surface area contributed by atoms with Crippen LogP contribution in [0, 0.1) is 0 Å². The molecule has 1 aliphatic rings. The van der Waals surface area contributed by atoms with Gasteiger partial charge in [-0.3, -0.25) is 5.32 Å². The SMILES string of the molecule is CCc1cn(CC2=NCC[NH2+]2)c2ccccc12.[Cl-]. The van der Waals surface area contributed by atoms with Crippen LogP contribution in [0.1, 0.15) is 12.5 Å². The van der Waals surface area contributed by atoms with Crippen LogP contribution in [0.15, 0.2) is 35.5 Å². The van der Waals surface area contributed by atoms with Crippen molar-refractivity contribution in [3.8, 4) is 0 Å². The molecule has 0 radical (unpaired) electrons. The van der Waals surface area contributed by atoms with Gasteiger partial charge in [0.25, 0.3) is 0 Å². The quantitative estimate of drug-likeness (QED) is 0.677. The molecule has 2 aromatic rings. The lowest BCUT2D eigenvalue weighted by molar-refractivity contribution is -0.530. The number of nitrogens with zero attached hydrogens (tertiary/aromatic N) is 2. The van der Waals surface area contributed by atoms with Crippen LogP contribution < -0.4 is 17.7 Å². The number of aromatic nitrogens is 1. The first kappa shape index (κ1) is 13.1. The lowest BCUT2D eigenvalue weighted by Gasteiger charge is -2.02. The number of hydrogen-bond donors (Lipinski definition) is 1. The average Bonchev–Trinajstić information content (AvgIpc) is 2.98. The molecule has 96 valence electrons. The summed E-state index contributed by atoms with van der Waals surface area (Å²) in [5, 5.41) is 3.63. The first-order valence-electron chi connectivity index (χ1n) is 6.32. The Kier molecular flexibility index (Phi) is 4.04. The molecule has 1 aromatic heterocycles. The van der Waals surface area contributed by atoms with Crippen LogP contribution >= 0.6 is 0 Å². The van der Waals surface area contributed by atoms with Crippen LogP contribution in [0.4, 0.5) is 0 Å². The van der Waals surface area contributed by atoms with Gasteiger partial charge in [-0.25, -0.2) is 4.99 Å². The molecule has 0 fully saturated rings. The van der Waals surface area contributed by atoms with Crippen molar-refractivity contribution in [3.05, 3.63) is 36.0 Å². The molecule has 0 spiro atoms. The fourth-order valence-corrected chi connectivity index (χ4v) is 2.53. The molecule has 0 atom stereocenters. The lowest BCUT2D eigenvalue weighted by Crippen LogP contribution is -3.00. The highest BCUT2D eigenvalue weighted by Gasteiger charge is 2.13. The number of quaternary nitrogens is 1. The first-order valence-corrected chi connectivity index (χ1v) is 6.32. The van der Waals surface area contributed by atoms with Crippen LogP contribution in [-0.4, -0.2) is 23.5 Å². The zero-order valence-corrected chi connectivity index (χ0v) is 11.3. The average molecular weight is 264 g/mol. The van der Waals surface area contributed by atoms with Gasteiger partial charge in [-0.15, -0.1) is 0 Å². The second-order valence-corrected chi connectivity index (χ2v) is 4.52. The Labute approximate surface area is 113 Å². The summed E-state index contributed by atoms with van der Waals surface area (Å²) in [5.74, 6) is 1.23. The van der Waals surface area contributed by atoms with Gasteiger partial charge in [0.15, 0.2) is 0 Å². The highest BCUT2D eigenvalue weighted by atomic mass is 35.5. The molecular weight excluding hydrogens is 246 g/mol. The van der Waals surface area contributed by atoms with Crippen molar-refractivity contribution >= 4 is 16.7 Å². The number of para-hydroxylation sites is 1. The second-order valence-electron chi connectivity index (χ2n) is 4.52. The van der Waals surface area contributed by atoms with Crippen molar-refractivity contribution in [2.24, 2.45) is 4.99 Å². The molecule has 1 aliphatic heterocycles. The van der Waals surface area contributed by atoms with Crippen molar-refractivity contribution in [1.29, 1.82) is 0 Å². The number of fused-ring (bicyclic) bond motifs is 1. The zero-order valence-electron chi connectivity index (χ0n) is 10.6. The molecule has 0 saturated heterocycles. The van der Waals surface area contributed by atoms with E-state index in [-0.39, 0.29) is 12.4 Å². The van der Waals surface area contributed by atoms with Crippen LogP contribution in [-0.2, 0) is 13.0 Å². The van der Waals surface area contributed by atoms with Crippen LogP contribution in [0.5, 0.6) is 0 Å². The number of hydrogen-bond acceptors (Lipinski definition) is 1. The van der Waals surface area contributed by atoms with Gasteiger partial charge in [0.05, 0.1) is 6.54 Å². The molecule has 0 amide bonds. The Hall–Kier alpha value is -1.32. The Morgan fingerprint density at radius 3 is 2.89 bits per heavy atom. The lowest BCUT2D eigenvalue weighted by atomic mass is 10.1. The summed E-state index contributed by atoms with van der Waals surface area (Å²) in [6.45, 7) is 5.20. The van der Waals surface area contributed by atoms with Gasteiger partial charge in [0.1, 0.15) is 13.1 Å². The van der Waals surface area contributed by atoms with Gasteiger partial charge < -0.3 is 17.0 Å². The number of rotatable bonds is 3. The molecule has 18 heavy (non-hydrogen) atoms. The van der Waals surface area contributed by atoms with E-state index in [4.69, 9.17) is 0 Å². The smallest absolute Gasteiger partial charge is 0.215 e. The molecule has 0 saturated carbocycles. The van der Waals surface area contributed by atoms with E-state index < -0.39 is 0 Å². The number of aryl methyl sites for hydroxylation is 1. The Morgan fingerprint density at radius 2 is 2.17 bits per heavy atom. The fourth-order valence-electron chi connectivity index (χ4n) is 2.53. The van der Waals surface area contributed by atoms with E-state index in [1.807, 2.05) is 0 Å². The highest BCUT2D eigenvalue weighted by Crippen LogP contribution is 2.21. The van der Waals surface area contributed by atoms with Gasteiger partial charge in [-0.2, -0.15) is 0 Å². The van der Waals surface area contributed by atoms with Crippen LogP contribution in [0.2, 0.25) is 0 Å². The topological polar surface area (TPSA) is 33.9 Å². The van der Waals surface area contributed by atoms with E-state index in [1.165, 1.54) is 22.3 Å². The van der Waals surface area contributed by atoms with Gasteiger partial charge in [0.2, 0.25) is 5.84 Å². The van der Waals surface area contributed by atoms with Gasteiger partial charge in [-0.05, 0) is 18.1 Å². The summed E-state index contributed by atoms with van der Waals surface area (Å²) in [4.78, 5) is 4.51. The van der Waals surface area contributed by atoms with Crippen molar-refractivity contribution in [2.75, 3.05) is 13.1 Å². The van der Waals surface area contributed by atoms with Crippen molar-refractivity contribution in [2.45, 2.75) is 19.9 Å². The molecule has 2 heterocycles. The van der Waals surface area contributed by atoms with Crippen molar-refractivity contribution in [1.82, 2.24) is 4.57 Å². The maximum absolute atomic E-state index is 4.51. The summed E-state index contributed by atoms with van der Waals surface area (Å²) in [6, 6.07) is 8.64. The Bertz CT molecular complexity index is 571. The fraction of sp³-hybridized carbons (Fsp3) is 0.357. The normalized spacial score (nSPS) is 14.6. The van der Waals surface area contributed by atoms with Crippen molar-refractivity contribution in [3.63, 3.8) is 0 Å². The number of halogens is 1. The maximum atomic E-state index is 4.51.